The monoisotopic (exact) mass is 289 g/mol. The molecule has 0 fully saturated rings. The van der Waals surface area contributed by atoms with Gasteiger partial charge in [0.25, 0.3) is 0 Å². The van der Waals surface area contributed by atoms with Crippen LogP contribution in [0.3, 0.4) is 0 Å². The molecule has 20 heavy (non-hydrogen) atoms. The van der Waals surface area contributed by atoms with Gasteiger partial charge in [-0.3, -0.25) is 0 Å². The molecule has 1 nitrogen and oxygen atoms in total. The molecule has 0 heterocycles. The summed E-state index contributed by atoms with van der Waals surface area (Å²) >= 11 is 1.57. The van der Waals surface area contributed by atoms with E-state index in [0.29, 0.717) is 6.54 Å². The molecule has 0 aliphatic heterocycles. The van der Waals surface area contributed by atoms with Gasteiger partial charge in [-0.25, -0.2) is 4.39 Å². The fourth-order valence-electron chi connectivity index (χ4n) is 2.07. The highest BCUT2D eigenvalue weighted by atomic mass is 32.2. The minimum Gasteiger partial charge on any atom is -0.313 e. The third kappa shape index (κ3) is 4.09. The van der Waals surface area contributed by atoms with Crippen molar-refractivity contribution in [1.82, 2.24) is 5.32 Å². The summed E-state index contributed by atoms with van der Waals surface area (Å²) in [5.41, 5.74) is 3.50. The minimum absolute atomic E-state index is 0.127. The predicted molar refractivity (Wildman–Crippen MR) is 84.5 cm³/mol. The smallest absolute Gasteiger partial charge is 0.137 e. The Labute approximate surface area is 124 Å². The zero-order valence-corrected chi connectivity index (χ0v) is 12.8. The van der Waals surface area contributed by atoms with Crippen molar-refractivity contribution < 1.29 is 4.39 Å². The second-order valence-corrected chi connectivity index (χ2v) is 5.77. The lowest BCUT2D eigenvalue weighted by atomic mass is 10.2. The van der Waals surface area contributed by atoms with Crippen molar-refractivity contribution in [3.8, 4) is 0 Å². The van der Waals surface area contributed by atoms with Crippen LogP contribution in [0.5, 0.6) is 0 Å². The van der Waals surface area contributed by atoms with Crippen LogP contribution in [0.25, 0.3) is 0 Å². The summed E-state index contributed by atoms with van der Waals surface area (Å²) in [7, 11) is 0. The standard InChI is InChI=1S/C17H20FNS/c1-3-19-11-15-8-5-9-16(18)17(15)20-12-14-7-4-6-13(2)10-14/h4-10,19H,3,11-12H2,1-2H3. The van der Waals surface area contributed by atoms with Gasteiger partial charge in [-0.15, -0.1) is 11.8 Å². The van der Waals surface area contributed by atoms with Gasteiger partial charge in [-0.2, -0.15) is 0 Å². The largest absolute Gasteiger partial charge is 0.313 e. The molecule has 0 aliphatic rings. The summed E-state index contributed by atoms with van der Waals surface area (Å²) in [6.07, 6.45) is 0. The Morgan fingerprint density at radius 2 is 1.95 bits per heavy atom. The second-order valence-electron chi connectivity index (χ2n) is 4.79. The first-order chi connectivity index (χ1) is 9.70. The molecule has 2 aromatic rings. The molecule has 0 saturated heterocycles. The average molecular weight is 289 g/mol. The van der Waals surface area contributed by atoms with Crippen LogP contribution in [-0.4, -0.2) is 6.54 Å². The molecular weight excluding hydrogens is 269 g/mol. The SMILES string of the molecule is CCNCc1cccc(F)c1SCc1cccc(C)c1. The molecule has 0 bridgehead atoms. The van der Waals surface area contributed by atoms with Crippen molar-refractivity contribution in [2.75, 3.05) is 6.54 Å². The van der Waals surface area contributed by atoms with Crippen molar-refractivity contribution >= 4 is 11.8 Å². The molecule has 0 aliphatic carbocycles. The molecule has 0 amide bonds. The highest BCUT2D eigenvalue weighted by Crippen LogP contribution is 2.29. The van der Waals surface area contributed by atoms with Crippen LogP contribution in [0.1, 0.15) is 23.6 Å². The van der Waals surface area contributed by atoms with Crippen molar-refractivity contribution in [2.24, 2.45) is 0 Å². The van der Waals surface area contributed by atoms with Gasteiger partial charge in [0.15, 0.2) is 0 Å². The van der Waals surface area contributed by atoms with E-state index in [0.717, 1.165) is 22.8 Å². The van der Waals surface area contributed by atoms with Gasteiger partial charge in [0.05, 0.1) is 0 Å². The van der Waals surface area contributed by atoms with Crippen LogP contribution < -0.4 is 5.32 Å². The van der Waals surface area contributed by atoms with Gasteiger partial charge in [-0.1, -0.05) is 48.9 Å². The van der Waals surface area contributed by atoms with E-state index < -0.39 is 0 Å². The fourth-order valence-corrected chi connectivity index (χ4v) is 3.09. The van der Waals surface area contributed by atoms with Gasteiger partial charge in [0.2, 0.25) is 0 Å². The Hall–Kier alpha value is -1.32. The van der Waals surface area contributed by atoms with E-state index in [9.17, 15) is 4.39 Å². The number of nitrogens with one attached hydrogen (secondary N) is 1. The van der Waals surface area contributed by atoms with Crippen molar-refractivity contribution in [2.45, 2.75) is 31.0 Å². The fraction of sp³-hybridized carbons (Fsp3) is 0.294. The Bertz CT molecular complexity index is 569. The van der Waals surface area contributed by atoms with E-state index in [4.69, 9.17) is 0 Å². The van der Waals surface area contributed by atoms with Crippen molar-refractivity contribution in [3.63, 3.8) is 0 Å². The third-order valence-electron chi connectivity index (χ3n) is 3.08. The number of benzene rings is 2. The number of aryl methyl sites for hydroxylation is 1. The molecule has 0 aromatic heterocycles. The number of rotatable bonds is 6. The van der Waals surface area contributed by atoms with Gasteiger partial charge in [0, 0.05) is 17.2 Å². The van der Waals surface area contributed by atoms with Crippen LogP contribution in [-0.2, 0) is 12.3 Å². The molecule has 0 spiro atoms. The maximum absolute atomic E-state index is 14.0. The van der Waals surface area contributed by atoms with Gasteiger partial charge in [-0.05, 0) is 30.7 Å². The predicted octanol–water partition coefficient (Wildman–Crippen LogP) is 4.54. The Morgan fingerprint density at radius 1 is 1.15 bits per heavy atom. The molecule has 2 rings (SSSR count). The van der Waals surface area contributed by atoms with E-state index in [1.54, 1.807) is 17.8 Å². The summed E-state index contributed by atoms with van der Waals surface area (Å²) in [5.74, 6) is 0.667. The van der Waals surface area contributed by atoms with E-state index in [1.807, 2.05) is 12.1 Å². The van der Waals surface area contributed by atoms with Gasteiger partial charge >= 0.3 is 0 Å². The third-order valence-corrected chi connectivity index (χ3v) is 4.30. The summed E-state index contributed by atoms with van der Waals surface area (Å²) in [4.78, 5) is 0.759. The van der Waals surface area contributed by atoms with E-state index in [-0.39, 0.29) is 5.82 Å². The Balaban J connectivity index is 2.11. The van der Waals surface area contributed by atoms with Crippen LogP contribution in [0.2, 0.25) is 0 Å². The summed E-state index contributed by atoms with van der Waals surface area (Å²) in [6, 6.07) is 13.7. The lowest BCUT2D eigenvalue weighted by Gasteiger charge is -2.11. The maximum Gasteiger partial charge on any atom is 0.137 e. The van der Waals surface area contributed by atoms with E-state index in [2.05, 4.69) is 37.4 Å². The molecule has 0 unspecified atom stereocenters. The van der Waals surface area contributed by atoms with Crippen LogP contribution in [0, 0.1) is 12.7 Å². The Kier molecular flexibility index (Phi) is 5.62. The average Bonchev–Trinajstić information content (AvgIpc) is 2.44. The first-order valence-electron chi connectivity index (χ1n) is 6.87. The molecule has 1 N–H and O–H groups in total. The van der Waals surface area contributed by atoms with Gasteiger partial charge in [0.1, 0.15) is 5.82 Å². The van der Waals surface area contributed by atoms with Gasteiger partial charge < -0.3 is 5.32 Å². The van der Waals surface area contributed by atoms with Crippen molar-refractivity contribution in [3.05, 3.63) is 65.0 Å². The second kappa shape index (κ2) is 7.46. The topological polar surface area (TPSA) is 12.0 Å². The first kappa shape index (κ1) is 15.1. The first-order valence-corrected chi connectivity index (χ1v) is 7.85. The highest BCUT2D eigenvalue weighted by Gasteiger charge is 2.09. The molecule has 0 saturated carbocycles. The number of halogens is 1. The molecule has 3 heteroatoms. The number of hydrogen-bond donors (Lipinski definition) is 1. The zero-order chi connectivity index (χ0) is 14.4. The van der Waals surface area contributed by atoms with E-state index in [1.165, 1.54) is 17.2 Å². The van der Waals surface area contributed by atoms with Crippen LogP contribution >= 0.6 is 11.8 Å². The summed E-state index contributed by atoms with van der Waals surface area (Å²) in [6.45, 7) is 5.73. The van der Waals surface area contributed by atoms with Crippen LogP contribution in [0.15, 0.2) is 47.4 Å². The maximum atomic E-state index is 14.0. The lowest BCUT2D eigenvalue weighted by molar-refractivity contribution is 0.591. The normalized spacial score (nSPS) is 10.8. The summed E-state index contributed by atoms with van der Waals surface area (Å²) < 4.78 is 14.0. The molecule has 0 atom stereocenters. The number of thioether (sulfide) groups is 1. The zero-order valence-electron chi connectivity index (χ0n) is 11.9. The number of hydrogen-bond acceptors (Lipinski definition) is 2. The quantitative estimate of drug-likeness (QED) is 0.784. The van der Waals surface area contributed by atoms with E-state index >= 15 is 0 Å². The molecule has 0 radical (unpaired) electrons. The van der Waals surface area contributed by atoms with Crippen molar-refractivity contribution in [1.29, 1.82) is 0 Å². The molecule has 106 valence electrons. The van der Waals surface area contributed by atoms with Crippen LogP contribution in [0.4, 0.5) is 4.39 Å². The summed E-state index contributed by atoms with van der Waals surface area (Å²) in [5, 5.41) is 3.26. The highest BCUT2D eigenvalue weighted by molar-refractivity contribution is 7.98. The molecular formula is C17H20FNS. The lowest BCUT2D eigenvalue weighted by Crippen LogP contribution is -2.12. The minimum atomic E-state index is -0.127. The molecule has 2 aromatic carbocycles. The Morgan fingerprint density at radius 3 is 2.70 bits per heavy atom.